The predicted octanol–water partition coefficient (Wildman–Crippen LogP) is 1.34. The zero-order valence-electron chi connectivity index (χ0n) is 10.3. The van der Waals surface area contributed by atoms with Gasteiger partial charge in [0.2, 0.25) is 0 Å². The minimum Gasteiger partial charge on any atom is -0.508 e. The number of hydrogen-bond donors (Lipinski definition) is 3. The largest absolute Gasteiger partial charge is 0.508 e. The van der Waals surface area contributed by atoms with Crippen LogP contribution in [0.4, 0.5) is 5.82 Å². The van der Waals surface area contributed by atoms with E-state index in [1.54, 1.807) is 30.3 Å². The van der Waals surface area contributed by atoms with Gasteiger partial charge in [-0.2, -0.15) is 0 Å². The fourth-order valence-corrected chi connectivity index (χ4v) is 1.65. The Bertz CT molecular complexity index is 567. The van der Waals surface area contributed by atoms with Gasteiger partial charge >= 0.3 is 0 Å². The molecule has 0 fully saturated rings. The lowest BCUT2D eigenvalue weighted by Gasteiger charge is -2.05. The number of pyridine rings is 1. The molecule has 5 heteroatoms. The van der Waals surface area contributed by atoms with E-state index in [1.807, 2.05) is 12.1 Å². The van der Waals surface area contributed by atoms with E-state index in [0.717, 1.165) is 5.56 Å². The van der Waals surface area contributed by atoms with Crippen molar-refractivity contribution in [2.24, 2.45) is 0 Å². The van der Waals surface area contributed by atoms with Crippen molar-refractivity contribution in [1.82, 2.24) is 10.3 Å². The quantitative estimate of drug-likeness (QED) is 0.771. The smallest absolute Gasteiger partial charge is 0.269 e. The molecule has 1 heterocycles. The monoisotopic (exact) mass is 257 g/mol. The summed E-state index contributed by atoms with van der Waals surface area (Å²) in [7, 11) is 0. The molecule has 98 valence electrons. The molecule has 1 amide bonds. The number of aromatic hydroxyl groups is 1. The van der Waals surface area contributed by atoms with Gasteiger partial charge in [-0.05, 0) is 36.2 Å². The van der Waals surface area contributed by atoms with Crippen LogP contribution in [-0.4, -0.2) is 22.5 Å². The minimum absolute atomic E-state index is 0.233. The Kier molecular flexibility index (Phi) is 3.97. The third kappa shape index (κ3) is 3.70. The summed E-state index contributed by atoms with van der Waals surface area (Å²) in [6, 6.07) is 11.8. The Hall–Kier alpha value is -2.56. The molecule has 0 bridgehead atoms. The first kappa shape index (κ1) is 12.9. The van der Waals surface area contributed by atoms with E-state index in [4.69, 9.17) is 10.8 Å². The predicted molar refractivity (Wildman–Crippen MR) is 72.8 cm³/mol. The van der Waals surface area contributed by atoms with Gasteiger partial charge in [0.25, 0.3) is 5.91 Å². The van der Waals surface area contributed by atoms with Crippen LogP contribution in [-0.2, 0) is 6.42 Å². The maximum absolute atomic E-state index is 11.8. The summed E-state index contributed by atoms with van der Waals surface area (Å²) in [6.45, 7) is 0.500. The number of carbonyl (C=O) groups excluding carboxylic acids is 1. The number of phenolic OH excluding ortho intramolecular Hbond substituents is 1. The number of amides is 1. The summed E-state index contributed by atoms with van der Waals surface area (Å²) in [6.07, 6.45) is 0.689. The van der Waals surface area contributed by atoms with Gasteiger partial charge in [0.1, 0.15) is 17.3 Å². The number of anilines is 1. The summed E-state index contributed by atoms with van der Waals surface area (Å²) in [4.78, 5) is 15.7. The first-order valence-corrected chi connectivity index (χ1v) is 5.94. The Morgan fingerprint density at radius 2 is 1.95 bits per heavy atom. The molecule has 5 nitrogen and oxygen atoms in total. The van der Waals surface area contributed by atoms with Gasteiger partial charge in [-0.15, -0.1) is 0 Å². The second kappa shape index (κ2) is 5.86. The van der Waals surface area contributed by atoms with Crippen LogP contribution in [0.1, 0.15) is 16.1 Å². The van der Waals surface area contributed by atoms with Crippen LogP contribution in [0.25, 0.3) is 0 Å². The van der Waals surface area contributed by atoms with Crippen molar-refractivity contribution in [3.63, 3.8) is 0 Å². The van der Waals surface area contributed by atoms with Crippen molar-refractivity contribution < 1.29 is 9.90 Å². The van der Waals surface area contributed by atoms with Crippen LogP contribution >= 0.6 is 0 Å². The van der Waals surface area contributed by atoms with Gasteiger partial charge in [0.15, 0.2) is 0 Å². The molecule has 2 aromatic rings. The molecule has 2 rings (SSSR count). The molecular formula is C14H15N3O2. The summed E-state index contributed by atoms with van der Waals surface area (Å²) >= 11 is 0. The Balaban J connectivity index is 1.86. The van der Waals surface area contributed by atoms with E-state index in [1.165, 1.54) is 0 Å². The highest BCUT2D eigenvalue weighted by atomic mass is 16.3. The van der Waals surface area contributed by atoms with E-state index in [-0.39, 0.29) is 11.7 Å². The summed E-state index contributed by atoms with van der Waals surface area (Å²) in [5.74, 6) is 0.314. The molecule has 4 N–H and O–H groups in total. The second-order valence-corrected chi connectivity index (χ2v) is 4.12. The van der Waals surface area contributed by atoms with Crippen LogP contribution < -0.4 is 11.1 Å². The molecule has 0 unspecified atom stereocenters. The van der Waals surface area contributed by atoms with Gasteiger partial charge in [-0.1, -0.05) is 18.2 Å². The van der Waals surface area contributed by atoms with Crippen LogP contribution in [0.3, 0.4) is 0 Å². The molecule has 1 aromatic heterocycles. The maximum Gasteiger partial charge on any atom is 0.269 e. The molecule has 0 aliphatic carbocycles. The lowest BCUT2D eigenvalue weighted by atomic mass is 10.1. The van der Waals surface area contributed by atoms with Crippen LogP contribution in [0.15, 0.2) is 42.5 Å². The van der Waals surface area contributed by atoms with E-state index < -0.39 is 0 Å². The van der Waals surface area contributed by atoms with Crippen molar-refractivity contribution in [2.45, 2.75) is 6.42 Å². The third-order valence-electron chi connectivity index (χ3n) is 2.64. The zero-order chi connectivity index (χ0) is 13.7. The summed E-state index contributed by atoms with van der Waals surface area (Å²) < 4.78 is 0. The zero-order valence-corrected chi connectivity index (χ0v) is 10.3. The number of carbonyl (C=O) groups is 1. The lowest BCUT2D eigenvalue weighted by molar-refractivity contribution is 0.0949. The number of nitrogens with one attached hydrogen (secondary N) is 1. The molecule has 0 aliphatic rings. The normalized spacial score (nSPS) is 10.1. The van der Waals surface area contributed by atoms with Crippen molar-refractivity contribution in [3.8, 4) is 5.75 Å². The molecule has 19 heavy (non-hydrogen) atoms. The van der Waals surface area contributed by atoms with Gasteiger partial charge in [0, 0.05) is 6.54 Å². The molecule has 0 atom stereocenters. The summed E-state index contributed by atoms with van der Waals surface area (Å²) in [5, 5.41) is 11.9. The average Bonchev–Trinajstić information content (AvgIpc) is 2.41. The number of phenols is 1. The number of hydrogen-bond acceptors (Lipinski definition) is 4. The number of aromatic nitrogens is 1. The van der Waals surface area contributed by atoms with Gasteiger partial charge in [0.05, 0.1) is 0 Å². The molecule has 0 saturated heterocycles. The first-order valence-electron chi connectivity index (χ1n) is 5.94. The van der Waals surface area contributed by atoms with Crippen LogP contribution in [0.2, 0.25) is 0 Å². The van der Waals surface area contributed by atoms with Crippen LogP contribution in [0, 0.1) is 0 Å². The van der Waals surface area contributed by atoms with Gasteiger partial charge in [-0.25, -0.2) is 4.98 Å². The SMILES string of the molecule is Nc1cccc(C(=O)NCCc2ccc(O)cc2)n1. The molecule has 1 aromatic carbocycles. The van der Waals surface area contributed by atoms with Crippen molar-refractivity contribution in [1.29, 1.82) is 0 Å². The molecule has 0 spiro atoms. The third-order valence-corrected chi connectivity index (χ3v) is 2.64. The molecule has 0 radical (unpaired) electrons. The molecule has 0 saturated carbocycles. The van der Waals surface area contributed by atoms with E-state index in [0.29, 0.717) is 24.5 Å². The van der Waals surface area contributed by atoms with Gasteiger partial charge < -0.3 is 16.2 Å². The Labute approximate surface area is 111 Å². The number of nitrogens with zero attached hydrogens (tertiary/aromatic N) is 1. The highest BCUT2D eigenvalue weighted by Gasteiger charge is 2.06. The number of nitrogen functional groups attached to an aromatic ring is 1. The number of benzene rings is 1. The highest BCUT2D eigenvalue weighted by molar-refractivity contribution is 5.92. The van der Waals surface area contributed by atoms with Crippen molar-refractivity contribution in [2.75, 3.05) is 12.3 Å². The fourth-order valence-electron chi connectivity index (χ4n) is 1.65. The highest BCUT2D eigenvalue weighted by Crippen LogP contribution is 2.09. The van der Waals surface area contributed by atoms with Gasteiger partial charge in [-0.3, -0.25) is 4.79 Å². The Morgan fingerprint density at radius 1 is 1.21 bits per heavy atom. The second-order valence-electron chi connectivity index (χ2n) is 4.12. The van der Waals surface area contributed by atoms with Crippen molar-refractivity contribution >= 4 is 11.7 Å². The average molecular weight is 257 g/mol. The van der Waals surface area contributed by atoms with Crippen LogP contribution in [0.5, 0.6) is 5.75 Å². The minimum atomic E-state index is -0.244. The number of rotatable bonds is 4. The number of nitrogens with two attached hydrogens (primary N) is 1. The topological polar surface area (TPSA) is 88.2 Å². The van der Waals surface area contributed by atoms with E-state index in [9.17, 15) is 4.79 Å². The Morgan fingerprint density at radius 3 is 2.63 bits per heavy atom. The van der Waals surface area contributed by atoms with E-state index in [2.05, 4.69) is 10.3 Å². The standard InChI is InChI=1S/C14H15N3O2/c15-13-3-1-2-12(17-13)14(19)16-9-8-10-4-6-11(18)7-5-10/h1-7,18H,8-9H2,(H2,15,17)(H,16,19). The lowest BCUT2D eigenvalue weighted by Crippen LogP contribution is -2.26. The molecule has 0 aliphatic heterocycles. The maximum atomic E-state index is 11.8. The van der Waals surface area contributed by atoms with Crippen molar-refractivity contribution in [3.05, 3.63) is 53.7 Å². The summed E-state index contributed by atoms with van der Waals surface area (Å²) in [5.41, 5.74) is 6.87. The first-order chi connectivity index (χ1) is 9.15. The van der Waals surface area contributed by atoms with E-state index >= 15 is 0 Å². The molecular weight excluding hydrogens is 242 g/mol. The fraction of sp³-hybridized carbons (Fsp3) is 0.143.